The zero-order valence-electron chi connectivity index (χ0n) is 10.4. The number of carbonyl (C=O) groups excluding carboxylic acids is 1. The third-order valence-corrected chi connectivity index (χ3v) is 2.52. The maximum Gasteiger partial charge on any atom is 0.340 e. The Kier molecular flexibility index (Phi) is 5.49. The fourth-order valence-corrected chi connectivity index (χ4v) is 1.45. The number of hydrogen-bond acceptors (Lipinski definition) is 4. The summed E-state index contributed by atoms with van der Waals surface area (Å²) in [6.45, 7) is 2.95. The van der Waals surface area contributed by atoms with Gasteiger partial charge in [-0.3, -0.25) is 0 Å². The van der Waals surface area contributed by atoms with Crippen LogP contribution in [0.5, 0.6) is 0 Å². The van der Waals surface area contributed by atoms with E-state index in [1.165, 1.54) is 0 Å². The molecule has 0 unspecified atom stereocenters. The molecule has 0 atom stereocenters. The van der Waals surface area contributed by atoms with Crippen LogP contribution in [0.15, 0.2) is 18.2 Å². The van der Waals surface area contributed by atoms with E-state index in [0.29, 0.717) is 24.5 Å². The molecule has 0 fully saturated rings. The van der Waals surface area contributed by atoms with Gasteiger partial charge in [-0.05, 0) is 31.4 Å². The lowest BCUT2D eigenvalue weighted by molar-refractivity contribution is 0.0490. The van der Waals surface area contributed by atoms with E-state index in [1.807, 2.05) is 13.0 Å². The Morgan fingerprint density at radius 1 is 1.29 bits per heavy atom. The van der Waals surface area contributed by atoms with E-state index in [4.69, 9.17) is 15.2 Å². The third-order valence-electron chi connectivity index (χ3n) is 2.52. The predicted molar refractivity (Wildman–Crippen MR) is 67.0 cm³/mol. The molecule has 0 bridgehead atoms. The van der Waals surface area contributed by atoms with Gasteiger partial charge >= 0.3 is 5.97 Å². The van der Waals surface area contributed by atoms with Gasteiger partial charge in [0.2, 0.25) is 0 Å². The molecule has 0 spiro atoms. The number of para-hydroxylation sites is 1. The highest BCUT2D eigenvalue weighted by Gasteiger charge is 2.11. The molecule has 17 heavy (non-hydrogen) atoms. The van der Waals surface area contributed by atoms with Gasteiger partial charge in [-0.2, -0.15) is 0 Å². The number of benzene rings is 1. The summed E-state index contributed by atoms with van der Waals surface area (Å²) in [5.74, 6) is -0.358. The quantitative estimate of drug-likeness (QED) is 0.468. The molecule has 1 rings (SSSR count). The Bertz CT molecular complexity index is 377. The number of ether oxygens (including phenoxy) is 2. The molecule has 4 heteroatoms. The molecule has 1 aromatic rings. The fraction of sp³-hybridized carbons (Fsp3) is 0.462. The van der Waals surface area contributed by atoms with Crippen LogP contribution in [0, 0.1) is 6.92 Å². The van der Waals surface area contributed by atoms with Gasteiger partial charge in [-0.25, -0.2) is 4.79 Å². The second kappa shape index (κ2) is 6.91. The van der Waals surface area contributed by atoms with Gasteiger partial charge in [0.25, 0.3) is 0 Å². The maximum absolute atomic E-state index is 11.7. The SMILES string of the molecule is COCCCCOC(=O)c1cccc(C)c1N. The Morgan fingerprint density at radius 2 is 2.00 bits per heavy atom. The Balaban J connectivity index is 2.44. The first-order valence-electron chi connectivity index (χ1n) is 5.68. The predicted octanol–water partition coefficient (Wildman–Crippen LogP) is 2.16. The Morgan fingerprint density at radius 3 is 2.71 bits per heavy atom. The van der Waals surface area contributed by atoms with Gasteiger partial charge < -0.3 is 15.2 Å². The van der Waals surface area contributed by atoms with E-state index in [2.05, 4.69) is 0 Å². The molecule has 4 nitrogen and oxygen atoms in total. The molecule has 2 N–H and O–H groups in total. The van der Waals surface area contributed by atoms with Crippen molar-refractivity contribution in [2.45, 2.75) is 19.8 Å². The monoisotopic (exact) mass is 237 g/mol. The van der Waals surface area contributed by atoms with Crippen molar-refractivity contribution in [2.75, 3.05) is 26.1 Å². The number of carbonyl (C=O) groups is 1. The first-order chi connectivity index (χ1) is 8.16. The summed E-state index contributed by atoms with van der Waals surface area (Å²) >= 11 is 0. The van der Waals surface area contributed by atoms with Crippen LogP contribution in [0.1, 0.15) is 28.8 Å². The van der Waals surface area contributed by atoms with Gasteiger partial charge in [0.15, 0.2) is 0 Å². The lowest BCUT2D eigenvalue weighted by Gasteiger charge is -2.08. The van der Waals surface area contributed by atoms with E-state index in [1.54, 1.807) is 19.2 Å². The van der Waals surface area contributed by atoms with Crippen molar-refractivity contribution in [1.29, 1.82) is 0 Å². The third kappa shape index (κ3) is 4.07. The van der Waals surface area contributed by atoms with E-state index in [-0.39, 0.29) is 5.97 Å². The number of esters is 1. The second-order valence-electron chi connectivity index (χ2n) is 3.87. The normalized spacial score (nSPS) is 10.2. The standard InChI is InChI=1S/C13H19NO3/c1-10-6-5-7-11(12(10)14)13(15)17-9-4-3-8-16-2/h5-7H,3-4,8-9,14H2,1-2H3. The van der Waals surface area contributed by atoms with Gasteiger partial charge in [-0.15, -0.1) is 0 Å². The van der Waals surface area contributed by atoms with Crippen molar-refractivity contribution in [2.24, 2.45) is 0 Å². The molecule has 0 heterocycles. The zero-order valence-corrected chi connectivity index (χ0v) is 10.4. The van der Waals surface area contributed by atoms with Crippen LogP contribution in [0.25, 0.3) is 0 Å². The average Bonchev–Trinajstić information content (AvgIpc) is 2.32. The number of rotatable bonds is 6. The minimum atomic E-state index is -0.358. The molecule has 0 aliphatic rings. The number of anilines is 1. The van der Waals surface area contributed by atoms with Crippen LogP contribution in [0.3, 0.4) is 0 Å². The molecule has 0 saturated heterocycles. The summed E-state index contributed by atoms with van der Waals surface area (Å²) in [6.07, 6.45) is 1.68. The van der Waals surface area contributed by atoms with Crippen LogP contribution < -0.4 is 5.73 Å². The lowest BCUT2D eigenvalue weighted by Crippen LogP contribution is -2.10. The summed E-state index contributed by atoms with van der Waals surface area (Å²) in [6, 6.07) is 5.34. The summed E-state index contributed by atoms with van der Waals surface area (Å²) in [4.78, 5) is 11.7. The minimum absolute atomic E-state index is 0.358. The van der Waals surface area contributed by atoms with E-state index in [0.717, 1.165) is 18.4 Å². The van der Waals surface area contributed by atoms with Crippen LogP contribution in [0.4, 0.5) is 5.69 Å². The average molecular weight is 237 g/mol. The molecule has 1 aromatic carbocycles. The summed E-state index contributed by atoms with van der Waals surface area (Å²) in [5.41, 5.74) is 7.64. The number of nitrogens with two attached hydrogens (primary N) is 1. The molecular weight excluding hydrogens is 218 g/mol. The number of methoxy groups -OCH3 is 1. The highest BCUT2D eigenvalue weighted by molar-refractivity contribution is 5.95. The first-order valence-corrected chi connectivity index (χ1v) is 5.68. The van der Waals surface area contributed by atoms with Crippen LogP contribution in [0.2, 0.25) is 0 Å². The Labute approximate surface area is 102 Å². The molecule has 0 saturated carbocycles. The van der Waals surface area contributed by atoms with E-state index in [9.17, 15) is 4.79 Å². The van der Waals surface area contributed by atoms with Gasteiger partial charge in [-0.1, -0.05) is 12.1 Å². The largest absolute Gasteiger partial charge is 0.462 e. The summed E-state index contributed by atoms with van der Waals surface area (Å²) in [7, 11) is 1.65. The van der Waals surface area contributed by atoms with Crippen molar-refractivity contribution in [3.63, 3.8) is 0 Å². The van der Waals surface area contributed by atoms with Crippen molar-refractivity contribution in [3.05, 3.63) is 29.3 Å². The number of hydrogen-bond donors (Lipinski definition) is 1. The first kappa shape index (κ1) is 13.5. The highest BCUT2D eigenvalue weighted by atomic mass is 16.5. The van der Waals surface area contributed by atoms with E-state index < -0.39 is 0 Å². The van der Waals surface area contributed by atoms with Crippen LogP contribution in [-0.2, 0) is 9.47 Å². The lowest BCUT2D eigenvalue weighted by atomic mass is 10.1. The number of nitrogen functional groups attached to an aromatic ring is 1. The molecule has 94 valence electrons. The summed E-state index contributed by atoms with van der Waals surface area (Å²) < 4.78 is 10.0. The minimum Gasteiger partial charge on any atom is -0.462 e. The smallest absolute Gasteiger partial charge is 0.340 e. The highest BCUT2D eigenvalue weighted by Crippen LogP contribution is 2.17. The number of aryl methyl sites for hydroxylation is 1. The molecule has 0 amide bonds. The molecule has 0 aromatic heterocycles. The molecule has 0 aliphatic heterocycles. The van der Waals surface area contributed by atoms with Crippen molar-refractivity contribution >= 4 is 11.7 Å². The topological polar surface area (TPSA) is 61.5 Å². The van der Waals surface area contributed by atoms with Crippen LogP contribution in [-0.4, -0.2) is 26.3 Å². The molecule has 0 aliphatic carbocycles. The zero-order chi connectivity index (χ0) is 12.7. The van der Waals surface area contributed by atoms with Crippen LogP contribution >= 0.6 is 0 Å². The Hall–Kier alpha value is -1.55. The second-order valence-corrected chi connectivity index (χ2v) is 3.87. The summed E-state index contributed by atoms with van der Waals surface area (Å²) in [5, 5.41) is 0. The van der Waals surface area contributed by atoms with Gasteiger partial charge in [0.1, 0.15) is 0 Å². The molecular formula is C13H19NO3. The molecule has 0 radical (unpaired) electrons. The van der Waals surface area contributed by atoms with Crippen molar-refractivity contribution in [1.82, 2.24) is 0 Å². The number of unbranched alkanes of at least 4 members (excludes halogenated alkanes) is 1. The van der Waals surface area contributed by atoms with Gasteiger partial charge in [0, 0.05) is 19.4 Å². The van der Waals surface area contributed by atoms with E-state index >= 15 is 0 Å². The van der Waals surface area contributed by atoms with Crippen molar-refractivity contribution < 1.29 is 14.3 Å². The fourth-order valence-electron chi connectivity index (χ4n) is 1.45. The van der Waals surface area contributed by atoms with Crippen molar-refractivity contribution in [3.8, 4) is 0 Å². The maximum atomic E-state index is 11.7. The van der Waals surface area contributed by atoms with Gasteiger partial charge in [0.05, 0.1) is 12.2 Å².